The Kier molecular flexibility index (Phi) is 5.40. The molecule has 130 valence electrons. The Morgan fingerprint density at radius 2 is 2.12 bits per heavy atom. The minimum absolute atomic E-state index is 0.0594. The van der Waals surface area contributed by atoms with Crippen LogP contribution in [0.4, 0.5) is 5.00 Å². The van der Waals surface area contributed by atoms with Gasteiger partial charge in [-0.05, 0) is 54.9 Å². The first-order chi connectivity index (χ1) is 12.1. The summed E-state index contributed by atoms with van der Waals surface area (Å²) in [6.07, 6.45) is 4.13. The maximum absolute atomic E-state index is 12.2. The molecule has 0 radical (unpaired) electrons. The third kappa shape index (κ3) is 3.85. The predicted molar refractivity (Wildman–Crippen MR) is 100 cm³/mol. The molecule has 0 aliphatic heterocycles. The van der Waals surface area contributed by atoms with E-state index in [0.717, 1.165) is 31.2 Å². The van der Waals surface area contributed by atoms with Gasteiger partial charge in [0.1, 0.15) is 16.8 Å². The highest BCUT2D eigenvalue weighted by Gasteiger charge is 2.23. The highest BCUT2D eigenvalue weighted by Crippen LogP contribution is 2.38. The van der Waals surface area contributed by atoms with Crippen molar-refractivity contribution in [2.75, 3.05) is 11.9 Å². The molecule has 1 aliphatic carbocycles. The Hall–Kier alpha value is -2.32. The van der Waals surface area contributed by atoms with Gasteiger partial charge in [-0.1, -0.05) is 26.0 Å². The molecule has 0 spiro atoms. The first-order valence-corrected chi connectivity index (χ1v) is 9.51. The fraction of sp³-hybridized carbons (Fsp3) is 0.400. The van der Waals surface area contributed by atoms with E-state index in [2.05, 4.69) is 25.2 Å². The number of carbonyl (C=O) groups is 1. The number of thiophene rings is 1. The monoisotopic (exact) mass is 354 g/mol. The molecule has 1 atom stereocenters. The number of benzene rings is 1. The lowest BCUT2D eigenvalue weighted by Gasteiger charge is -2.11. The second kappa shape index (κ2) is 7.71. The lowest BCUT2D eigenvalue weighted by atomic mass is 9.99. The summed E-state index contributed by atoms with van der Waals surface area (Å²) in [4.78, 5) is 13.4. The molecule has 0 unspecified atom stereocenters. The van der Waals surface area contributed by atoms with Crippen LogP contribution >= 0.6 is 11.3 Å². The fourth-order valence-corrected chi connectivity index (χ4v) is 4.31. The number of anilines is 1. The van der Waals surface area contributed by atoms with Crippen LogP contribution < -0.4 is 10.1 Å². The van der Waals surface area contributed by atoms with E-state index >= 15 is 0 Å². The third-order valence-electron chi connectivity index (χ3n) is 4.72. The molecule has 1 aromatic carbocycles. The van der Waals surface area contributed by atoms with E-state index in [4.69, 9.17) is 4.74 Å². The lowest BCUT2D eigenvalue weighted by Crippen LogP contribution is -2.20. The molecule has 0 fully saturated rings. The van der Waals surface area contributed by atoms with Crippen molar-refractivity contribution in [2.24, 2.45) is 0 Å². The summed E-state index contributed by atoms with van der Waals surface area (Å²) >= 11 is 1.52. The largest absolute Gasteiger partial charge is 0.484 e. The average Bonchev–Trinajstić information content (AvgIpc) is 3.20. The summed E-state index contributed by atoms with van der Waals surface area (Å²) in [5.41, 5.74) is 3.01. The summed E-state index contributed by atoms with van der Waals surface area (Å²) in [5, 5.41) is 12.8. The minimum atomic E-state index is -0.234. The maximum Gasteiger partial charge on any atom is 0.262 e. The predicted octanol–water partition coefficient (Wildman–Crippen LogP) is 4.64. The number of nitriles is 1. The molecule has 0 saturated heterocycles. The molecule has 0 bridgehead atoms. The highest BCUT2D eigenvalue weighted by molar-refractivity contribution is 7.16. The van der Waals surface area contributed by atoms with Gasteiger partial charge in [0.25, 0.3) is 5.91 Å². The molecule has 3 rings (SSSR count). The average molecular weight is 354 g/mol. The van der Waals surface area contributed by atoms with Crippen LogP contribution in [-0.2, 0) is 17.6 Å². The van der Waals surface area contributed by atoms with Crippen molar-refractivity contribution in [1.82, 2.24) is 0 Å². The van der Waals surface area contributed by atoms with Gasteiger partial charge in [-0.15, -0.1) is 11.3 Å². The van der Waals surface area contributed by atoms with E-state index in [0.29, 0.717) is 22.2 Å². The summed E-state index contributed by atoms with van der Waals surface area (Å²) in [6, 6.07) is 10.1. The molecule has 25 heavy (non-hydrogen) atoms. The number of fused-ring (bicyclic) bond motifs is 1. The molecule has 1 heterocycles. The van der Waals surface area contributed by atoms with Gasteiger partial charge >= 0.3 is 0 Å². The van der Waals surface area contributed by atoms with E-state index in [1.165, 1.54) is 21.8 Å². The van der Waals surface area contributed by atoms with Gasteiger partial charge in [-0.3, -0.25) is 4.79 Å². The van der Waals surface area contributed by atoms with E-state index in [1.54, 1.807) is 0 Å². The van der Waals surface area contributed by atoms with Gasteiger partial charge < -0.3 is 10.1 Å². The van der Waals surface area contributed by atoms with Gasteiger partial charge in [0.05, 0.1) is 5.56 Å². The number of hydrogen-bond acceptors (Lipinski definition) is 4. The third-order valence-corrected chi connectivity index (χ3v) is 5.92. The number of carbonyl (C=O) groups excluding carboxylic acids is 1. The second-order valence-corrected chi connectivity index (χ2v) is 7.49. The minimum Gasteiger partial charge on any atom is -0.484 e. The van der Waals surface area contributed by atoms with Gasteiger partial charge in [0.15, 0.2) is 6.61 Å². The van der Waals surface area contributed by atoms with E-state index in [9.17, 15) is 10.1 Å². The maximum atomic E-state index is 12.2. The first-order valence-electron chi connectivity index (χ1n) is 8.69. The Balaban J connectivity index is 1.58. The highest BCUT2D eigenvalue weighted by atomic mass is 32.1. The van der Waals surface area contributed by atoms with Crippen molar-refractivity contribution in [3.8, 4) is 11.8 Å². The molecule has 1 aliphatic rings. The van der Waals surface area contributed by atoms with Crippen LogP contribution in [-0.4, -0.2) is 12.5 Å². The SMILES string of the molecule is CC[C@H](C)c1ccc(OCC(=O)Nc2sc3c(c2C#N)CCC3)cc1. The molecule has 2 aromatic rings. The zero-order chi connectivity index (χ0) is 17.8. The normalized spacial score (nSPS) is 13.8. The molecular formula is C20H22N2O2S. The van der Waals surface area contributed by atoms with Crippen molar-refractivity contribution < 1.29 is 9.53 Å². The van der Waals surface area contributed by atoms with Crippen LogP contribution in [0.25, 0.3) is 0 Å². The van der Waals surface area contributed by atoms with E-state index in [1.807, 2.05) is 24.3 Å². The summed E-state index contributed by atoms with van der Waals surface area (Å²) in [5.74, 6) is 0.960. The molecule has 1 amide bonds. The molecular weight excluding hydrogens is 332 g/mol. The Morgan fingerprint density at radius 3 is 2.80 bits per heavy atom. The first kappa shape index (κ1) is 17.5. The van der Waals surface area contributed by atoms with Crippen LogP contribution in [0.5, 0.6) is 5.75 Å². The smallest absolute Gasteiger partial charge is 0.262 e. The lowest BCUT2D eigenvalue weighted by molar-refractivity contribution is -0.118. The number of rotatable bonds is 6. The van der Waals surface area contributed by atoms with Crippen LogP contribution in [0.15, 0.2) is 24.3 Å². The molecule has 1 aromatic heterocycles. The van der Waals surface area contributed by atoms with Gasteiger partial charge in [0.2, 0.25) is 0 Å². The van der Waals surface area contributed by atoms with Crippen molar-refractivity contribution in [2.45, 2.75) is 45.4 Å². The molecule has 1 N–H and O–H groups in total. The standard InChI is InChI=1S/C20H22N2O2S/c1-3-13(2)14-7-9-15(10-8-14)24-12-19(23)22-20-17(11-21)16-5-4-6-18(16)25-20/h7-10,13H,3-6,12H2,1-2H3,(H,22,23)/t13-/m0/s1. The Labute approximate surface area is 152 Å². The quantitative estimate of drug-likeness (QED) is 0.822. The van der Waals surface area contributed by atoms with Crippen molar-refractivity contribution >= 4 is 22.2 Å². The number of amides is 1. The molecule has 0 saturated carbocycles. The number of aryl methyl sites for hydroxylation is 1. The van der Waals surface area contributed by atoms with Gasteiger partial charge in [0, 0.05) is 4.88 Å². The van der Waals surface area contributed by atoms with E-state index < -0.39 is 0 Å². The summed E-state index contributed by atoms with van der Waals surface area (Å²) in [6.45, 7) is 4.29. The van der Waals surface area contributed by atoms with Crippen molar-refractivity contribution in [3.63, 3.8) is 0 Å². The van der Waals surface area contributed by atoms with Gasteiger partial charge in [-0.2, -0.15) is 5.26 Å². The van der Waals surface area contributed by atoms with Gasteiger partial charge in [-0.25, -0.2) is 0 Å². The number of nitrogens with one attached hydrogen (secondary N) is 1. The van der Waals surface area contributed by atoms with Crippen molar-refractivity contribution in [3.05, 3.63) is 45.8 Å². The molecule has 4 nitrogen and oxygen atoms in total. The van der Waals surface area contributed by atoms with Crippen LogP contribution in [0, 0.1) is 11.3 Å². The zero-order valence-corrected chi connectivity index (χ0v) is 15.4. The topological polar surface area (TPSA) is 62.1 Å². The molecule has 5 heteroatoms. The summed E-state index contributed by atoms with van der Waals surface area (Å²) < 4.78 is 5.57. The van der Waals surface area contributed by atoms with E-state index in [-0.39, 0.29) is 12.5 Å². The number of nitrogens with zero attached hydrogens (tertiary/aromatic N) is 1. The zero-order valence-electron chi connectivity index (χ0n) is 14.6. The fourth-order valence-electron chi connectivity index (χ4n) is 3.05. The number of hydrogen-bond donors (Lipinski definition) is 1. The van der Waals surface area contributed by atoms with Crippen LogP contribution in [0.3, 0.4) is 0 Å². The van der Waals surface area contributed by atoms with Crippen LogP contribution in [0.1, 0.15) is 54.2 Å². The Morgan fingerprint density at radius 1 is 1.36 bits per heavy atom. The Bertz CT molecular complexity index is 802. The van der Waals surface area contributed by atoms with Crippen molar-refractivity contribution in [1.29, 1.82) is 5.26 Å². The number of ether oxygens (including phenoxy) is 1. The van der Waals surface area contributed by atoms with Crippen LogP contribution in [0.2, 0.25) is 0 Å². The second-order valence-electron chi connectivity index (χ2n) is 6.39. The summed E-state index contributed by atoms with van der Waals surface area (Å²) in [7, 11) is 0.